The molecule has 1 atom stereocenters. The van der Waals surface area contributed by atoms with Gasteiger partial charge in [-0.15, -0.1) is 11.3 Å². The molecule has 0 aliphatic heterocycles. The summed E-state index contributed by atoms with van der Waals surface area (Å²) < 4.78 is 6.60. The zero-order valence-electron chi connectivity index (χ0n) is 8.94. The number of rotatable bonds is 4. The Morgan fingerprint density at radius 3 is 2.75 bits per heavy atom. The van der Waals surface area contributed by atoms with Crippen molar-refractivity contribution in [3.8, 4) is 0 Å². The highest BCUT2D eigenvalue weighted by Gasteiger charge is 2.13. The van der Waals surface area contributed by atoms with E-state index in [-0.39, 0.29) is 0 Å². The van der Waals surface area contributed by atoms with Crippen LogP contribution in [0.4, 0.5) is 0 Å². The largest absolute Gasteiger partial charge is 0.463 e. The molecule has 2 nitrogen and oxygen atoms in total. The molecule has 86 valence electrons. The number of thiophene rings is 1. The van der Waals surface area contributed by atoms with Crippen molar-refractivity contribution in [3.05, 3.63) is 44.4 Å². The Balaban J connectivity index is 2.05. The molecule has 0 saturated heterocycles. The summed E-state index contributed by atoms with van der Waals surface area (Å²) in [6.07, 6.45) is 0.912. The third-order valence-electron chi connectivity index (χ3n) is 2.38. The van der Waals surface area contributed by atoms with Crippen LogP contribution in [0.25, 0.3) is 0 Å². The third kappa shape index (κ3) is 2.75. The van der Waals surface area contributed by atoms with Crippen molar-refractivity contribution in [3.63, 3.8) is 0 Å². The van der Waals surface area contributed by atoms with Crippen molar-refractivity contribution >= 4 is 27.3 Å². The van der Waals surface area contributed by atoms with E-state index in [0.717, 1.165) is 20.8 Å². The SMILES string of the molecule is CCc1ccc(C(O)Cc2ccc(Br)s2)o1. The van der Waals surface area contributed by atoms with E-state index in [1.54, 1.807) is 11.3 Å². The molecule has 2 aromatic rings. The van der Waals surface area contributed by atoms with Gasteiger partial charge in [0.15, 0.2) is 0 Å². The maximum absolute atomic E-state index is 9.99. The van der Waals surface area contributed by atoms with Crippen LogP contribution in [0.1, 0.15) is 29.4 Å². The minimum absolute atomic E-state index is 0.550. The van der Waals surface area contributed by atoms with Crippen molar-refractivity contribution in [1.82, 2.24) is 0 Å². The monoisotopic (exact) mass is 300 g/mol. The van der Waals surface area contributed by atoms with Crippen molar-refractivity contribution in [2.75, 3.05) is 0 Å². The quantitative estimate of drug-likeness (QED) is 0.928. The summed E-state index contributed by atoms with van der Waals surface area (Å²) in [7, 11) is 0. The minimum atomic E-state index is -0.550. The van der Waals surface area contributed by atoms with Gasteiger partial charge in [-0.25, -0.2) is 0 Å². The lowest BCUT2D eigenvalue weighted by atomic mass is 10.2. The van der Waals surface area contributed by atoms with Crippen molar-refractivity contribution in [2.45, 2.75) is 25.9 Å². The maximum Gasteiger partial charge on any atom is 0.133 e. The van der Waals surface area contributed by atoms with Crippen LogP contribution in [-0.4, -0.2) is 5.11 Å². The van der Waals surface area contributed by atoms with Gasteiger partial charge in [-0.3, -0.25) is 0 Å². The van der Waals surface area contributed by atoms with E-state index in [1.165, 1.54) is 0 Å². The van der Waals surface area contributed by atoms with E-state index >= 15 is 0 Å². The topological polar surface area (TPSA) is 33.4 Å². The minimum Gasteiger partial charge on any atom is -0.463 e. The molecule has 0 amide bonds. The number of furan rings is 1. The number of hydrogen-bond acceptors (Lipinski definition) is 3. The number of aryl methyl sites for hydroxylation is 1. The zero-order chi connectivity index (χ0) is 11.5. The van der Waals surface area contributed by atoms with Crippen LogP contribution in [-0.2, 0) is 12.8 Å². The Morgan fingerprint density at radius 1 is 1.38 bits per heavy atom. The molecule has 0 spiro atoms. The molecule has 0 aliphatic carbocycles. The molecule has 0 saturated carbocycles. The van der Waals surface area contributed by atoms with Gasteiger partial charge >= 0.3 is 0 Å². The summed E-state index contributed by atoms with van der Waals surface area (Å²) in [5.74, 6) is 1.57. The summed E-state index contributed by atoms with van der Waals surface area (Å²) in [6, 6.07) is 7.78. The molecule has 0 aromatic carbocycles. The van der Waals surface area contributed by atoms with Gasteiger partial charge in [0.2, 0.25) is 0 Å². The molecule has 2 aromatic heterocycles. The van der Waals surface area contributed by atoms with Gasteiger partial charge in [0.05, 0.1) is 3.79 Å². The highest BCUT2D eigenvalue weighted by Crippen LogP contribution is 2.27. The van der Waals surface area contributed by atoms with Crippen molar-refractivity contribution in [1.29, 1.82) is 0 Å². The molecule has 0 aliphatic rings. The van der Waals surface area contributed by atoms with Crippen LogP contribution in [0.15, 0.2) is 32.5 Å². The summed E-state index contributed by atoms with van der Waals surface area (Å²) in [5, 5.41) is 9.99. The first-order valence-electron chi connectivity index (χ1n) is 5.20. The summed E-state index contributed by atoms with van der Waals surface area (Å²) in [4.78, 5) is 1.15. The lowest BCUT2D eigenvalue weighted by Crippen LogP contribution is -1.98. The molecular weight excluding hydrogens is 288 g/mol. The van der Waals surface area contributed by atoms with Crippen molar-refractivity contribution < 1.29 is 9.52 Å². The zero-order valence-corrected chi connectivity index (χ0v) is 11.3. The fourth-order valence-electron chi connectivity index (χ4n) is 1.52. The smallest absolute Gasteiger partial charge is 0.133 e. The molecule has 16 heavy (non-hydrogen) atoms. The van der Waals surface area contributed by atoms with E-state index in [0.29, 0.717) is 12.2 Å². The first-order chi connectivity index (χ1) is 7.69. The number of hydrogen-bond donors (Lipinski definition) is 1. The van der Waals surface area contributed by atoms with E-state index < -0.39 is 6.10 Å². The molecule has 2 rings (SSSR count). The standard InChI is InChI=1S/C12H13BrO2S/c1-2-8-3-5-11(15-8)10(14)7-9-4-6-12(13)16-9/h3-6,10,14H,2,7H2,1H3. The average molecular weight is 301 g/mol. The molecule has 0 fully saturated rings. The number of aliphatic hydroxyl groups is 1. The van der Waals surface area contributed by atoms with Gasteiger partial charge in [-0.1, -0.05) is 6.92 Å². The molecule has 4 heteroatoms. The van der Waals surface area contributed by atoms with Gasteiger partial charge < -0.3 is 9.52 Å². The highest BCUT2D eigenvalue weighted by atomic mass is 79.9. The predicted molar refractivity (Wildman–Crippen MR) is 68.8 cm³/mol. The van der Waals surface area contributed by atoms with Crippen LogP contribution < -0.4 is 0 Å². The van der Waals surface area contributed by atoms with E-state index in [9.17, 15) is 5.11 Å². The summed E-state index contributed by atoms with van der Waals surface area (Å²) >= 11 is 5.05. The average Bonchev–Trinajstić information content (AvgIpc) is 2.87. The second-order valence-corrected chi connectivity index (χ2v) is 6.13. The maximum atomic E-state index is 9.99. The van der Waals surface area contributed by atoms with Gasteiger partial charge in [0.25, 0.3) is 0 Å². The van der Waals surface area contributed by atoms with Crippen LogP contribution in [0.5, 0.6) is 0 Å². The first kappa shape index (κ1) is 11.9. The normalized spacial score (nSPS) is 12.9. The van der Waals surface area contributed by atoms with Gasteiger partial charge in [0.1, 0.15) is 17.6 Å². The Hall–Kier alpha value is -0.580. The van der Waals surface area contributed by atoms with Crippen LogP contribution >= 0.6 is 27.3 Å². The third-order valence-corrected chi connectivity index (χ3v) is 4.03. The second kappa shape index (κ2) is 5.17. The Morgan fingerprint density at radius 2 is 2.19 bits per heavy atom. The van der Waals surface area contributed by atoms with E-state index in [1.807, 2.05) is 31.2 Å². The highest BCUT2D eigenvalue weighted by molar-refractivity contribution is 9.11. The fraction of sp³-hybridized carbons (Fsp3) is 0.333. The lowest BCUT2D eigenvalue weighted by Gasteiger charge is -2.05. The molecule has 0 radical (unpaired) electrons. The van der Waals surface area contributed by atoms with E-state index in [2.05, 4.69) is 15.9 Å². The fourth-order valence-corrected chi connectivity index (χ4v) is 3.04. The molecule has 1 N–H and O–H groups in total. The Kier molecular flexibility index (Phi) is 3.84. The van der Waals surface area contributed by atoms with Crippen LogP contribution in [0.2, 0.25) is 0 Å². The van der Waals surface area contributed by atoms with Gasteiger partial charge in [-0.05, 0) is 40.2 Å². The van der Waals surface area contributed by atoms with Gasteiger partial charge in [-0.2, -0.15) is 0 Å². The second-order valence-electron chi connectivity index (χ2n) is 3.58. The van der Waals surface area contributed by atoms with Crippen LogP contribution in [0, 0.1) is 0 Å². The lowest BCUT2D eigenvalue weighted by molar-refractivity contribution is 0.149. The summed E-state index contributed by atoms with van der Waals surface area (Å²) in [5.41, 5.74) is 0. The van der Waals surface area contributed by atoms with Crippen LogP contribution in [0.3, 0.4) is 0 Å². The number of halogens is 1. The molecular formula is C12H13BrO2S. The first-order valence-corrected chi connectivity index (χ1v) is 6.81. The molecule has 0 bridgehead atoms. The Labute approximate surface area is 107 Å². The molecule has 2 heterocycles. The van der Waals surface area contributed by atoms with Crippen molar-refractivity contribution in [2.24, 2.45) is 0 Å². The molecule has 1 unspecified atom stereocenters. The van der Waals surface area contributed by atoms with E-state index in [4.69, 9.17) is 4.42 Å². The summed E-state index contributed by atoms with van der Waals surface area (Å²) in [6.45, 7) is 2.03. The van der Waals surface area contributed by atoms with Gasteiger partial charge in [0, 0.05) is 17.7 Å². The number of aliphatic hydroxyl groups excluding tert-OH is 1. The predicted octanol–water partition coefficient (Wildman–Crippen LogP) is 3.94. The Bertz CT molecular complexity index is 461.